The summed E-state index contributed by atoms with van der Waals surface area (Å²) in [6.07, 6.45) is 1.39. The van der Waals surface area contributed by atoms with E-state index in [1.807, 2.05) is 53.4 Å². The molecule has 0 spiro atoms. The number of benzene rings is 3. The van der Waals surface area contributed by atoms with E-state index < -0.39 is 11.6 Å². The van der Waals surface area contributed by atoms with Crippen LogP contribution in [0.1, 0.15) is 23.1 Å². The number of nitrogens with zero attached hydrogens (tertiary/aromatic N) is 1. The Morgan fingerprint density at radius 1 is 0.852 bits per heavy atom. The standard InChI is InChI=1S/C24H21NO2/c26-23-22(27-20-14-5-2-6-15-20)24(19-12-3-1-4-13-19)21-16-8-7-10-18(21)11-9-17-25(23)24/h1-8,10,12-16,22H,9,11,17H2. The highest BCUT2D eigenvalue weighted by Gasteiger charge is 2.64. The summed E-state index contributed by atoms with van der Waals surface area (Å²) >= 11 is 0. The molecular formula is C24H21NO2. The Bertz CT molecular complexity index is 970. The van der Waals surface area contributed by atoms with Gasteiger partial charge >= 0.3 is 0 Å². The van der Waals surface area contributed by atoms with Crippen molar-refractivity contribution >= 4 is 5.91 Å². The molecule has 3 heteroatoms. The first-order valence-corrected chi connectivity index (χ1v) is 9.49. The number of carbonyl (C=O) groups is 1. The second-order valence-corrected chi connectivity index (χ2v) is 7.19. The number of aryl methyl sites for hydroxylation is 1. The highest BCUT2D eigenvalue weighted by molar-refractivity contribution is 5.93. The lowest BCUT2D eigenvalue weighted by atomic mass is 9.69. The van der Waals surface area contributed by atoms with Crippen LogP contribution in [0.25, 0.3) is 0 Å². The molecule has 2 aliphatic rings. The number of hydrogen-bond donors (Lipinski definition) is 0. The molecule has 0 saturated carbocycles. The molecule has 3 aromatic rings. The monoisotopic (exact) mass is 355 g/mol. The van der Waals surface area contributed by atoms with Crippen molar-refractivity contribution in [2.75, 3.05) is 6.54 Å². The number of ether oxygens (including phenoxy) is 1. The second-order valence-electron chi connectivity index (χ2n) is 7.19. The fraction of sp³-hybridized carbons (Fsp3) is 0.208. The number of carbonyl (C=O) groups excluding carboxylic acids is 1. The lowest BCUT2D eigenvalue weighted by Gasteiger charge is -2.57. The summed E-state index contributed by atoms with van der Waals surface area (Å²) in [6, 6.07) is 28.5. The molecule has 2 atom stereocenters. The van der Waals surface area contributed by atoms with E-state index in [9.17, 15) is 4.79 Å². The van der Waals surface area contributed by atoms with Crippen molar-refractivity contribution in [3.63, 3.8) is 0 Å². The molecule has 3 nitrogen and oxygen atoms in total. The van der Waals surface area contributed by atoms with Crippen molar-refractivity contribution < 1.29 is 9.53 Å². The highest BCUT2D eigenvalue weighted by atomic mass is 16.5. The van der Waals surface area contributed by atoms with Crippen LogP contribution < -0.4 is 4.74 Å². The third-order valence-corrected chi connectivity index (χ3v) is 5.76. The fourth-order valence-corrected chi connectivity index (χ4v) is 4.61. The molecule has 0 aromatic heterocycles. The molecule has 0 N–H and O–H groups in total. The van der Waals surface area contributed by atoms with E-state index in [0.717, 1.165) is 30.7 Å². The van der Waals surface area contributed by atoms with E-state index in [1.54, 1.807) is 0 Å². The summed E-state index contributed by atoms with van der Waals surface area (Å²) in [6.45, 7) is 0.747. The summed E-state index contributed by atoms with van der Waals surface area (Å²) in [5.74, 6) is 0.798. The zero-order valence-corrected chi connectivity index (χ0v) is 15.0. The topological polar surface area (TPSA) is 29.5 Å². The molecule has 2 heterocycles. The van der Waals surface area contributed by atoms with Gasteiger partial charge in [0.15, 0.2) is 0 Å². The summed E-state index contributed by atoms with van der Waals surface area (Å²) in [4.78, 5) is 15.2. The lowest BCUT2D eigenvalue weighted by Crippen LogP contribution is -2.74. The maximum absolute atomic E-state index is 13.1. The van der Waals surface area contributed by atoms with E-state index in [0.29, 0.717) is 0 Å². The predicted molar refractivity (Wildman–Crippen MR) is 105 cm³/mol. The van der Waals surface area contributed by atoms with Crippen molar-refractivity contribution in [2.24, 2.45) is 0 Å². The summed E-state index contributed by atoms with van der Waals surface area (Å²) in [5, 5.41) is 0. The van der Waals surface area contributed by atoms with Gasteiger partial charge in [0.25, 0.3) is 5.91 Å². The zero-order valence-electron chi connectivity index (χ0n) is 15.0. The Labute approximate surface area is 159 Å². The van der Waals surface area contributed by atoms with E-state index in [-0.39, 0.29) is 5.91 Å². The van der Waals surface area contributed by atoms with Crippen molar-refractivity contribution in [3.05, 3.63) is 102 Å². The van der Waals surface area contributed by atoms with Gasteiger partial charge in [-0.3, -0.25) is 4.79 Å². The van der Waals surface area contributed by atoms with Crippen LogP contribution in [-0.2, 0) is 16.8 Å². The number of hydrogen-bond acceptors (Lipinski definition) is 2. The first-order chi connectivity index (χ1) is 13.3. The van der Waals surface area contributed by atoms with Gasteiger partial charge in [-0.15, -0.1) is 0 Å². The van der Waals surface area contributed by atoms with E-state index >= 15 is 0 Å². The molecule has 27 heavy (non-hydrogen) atoms. The number of para-hydroxylation sites is 1. The Kier molecular flexibility index (Phi) is 3.75. The third kappa shape index (κ3) is 2.31. The van der Waals surface area contributed by atoms with Gasteiger partial charge in [-0.25, -0.2) is 0 Å². The molecule has 1 amide bonds. The van der Waals surface area contributed by atoms with Gasteiger partial charge in [-0.05, 0) is 41.7 Å². The minimum atomic E-state index is -0.568. The molecule has 0 radical (unpaired) electrons. The van der Waals surface area contributed by atoms with Crippen molar-refractivity contribution in [1.29, 1.82) is 0 Å². The van der Waals surface area contributed by atoms with Crippen LogP contribution in [0.5, 0.6) is 5.75 Å². The van der Waals surface area contributed by atoms with Gasteiger partial charge in [0.2, 0.25) is 6.10 Å². The summed E-state index contributed by atoms with van der Waals surface area (Å²) in [7, 11) is 0. The molecule has 0 aliphatic carbocycles. The minimum absolute atomic E-state index is 0.0689. The van der Waals surface area contributed by atoms with Gasteiger partial charge in [-0.2, -0.15) is 0 Å². The van der Waals surface area contributed by atoms with Gasteiger partial charge in [-0.1, -0.05) is 72.8 Å². The van der Waals surface area contributed by atoms with Gasteiger partial charge in [0.05, 0.1) is 0 Å². The Hall–Kier alpha value is -3.07. The molecule has 1 fully saturated rings. The van der Waals surface area contributed by atoms with E-state index in [2.05, 4.69) is 36.4 Å². The van der Waals surface area contributed by atoms with Gasteiger partial charge in [0.1, 0.15) is 11.3 Å². The summed E-state index contributed by atoms with van der Waals surface area (Å²) in [5.41, 5.74) is 3.04. The van der Waals surface area contributed by atoms with Crippen LogP contribution in [-0.4, -0.2) is 23.5 Å². The molecule has 3 aromatic carbocycles. The maximum atomic E-state index is 13.1. The van der Waals surface area contributed by atoms with Crippen molar-refractivity contribution in [1.82, 2.24) is 4.90 Å². The maximum Gasteiger partial charge on any atom is 0.268 e. The molecule has 134 valence electrons. The molecule has 5 rings (SSSR count). The predicted octanol–water partition coefficient (Wildman–Crippen LogP) is 4.17. The number of β-lactam (4-membered cyclic amide) rings is 1. The van der Waals surface area contributed by atoms with Crippen LogP contribution in [0.15, 0.2) is 84.9 Å². The largest absolute Gasteiger partial charge is 0.477 e. The van der Waals surface area contributed by atoms with Crippen molar-refractivity contribution in [3.8, 4) is 5.75 Å². The first kappa shape index (κ1) is 16.1. The lowest BCUT2D eigenvalue weighted by molar-refractivity contribution is -0.176. The number of fused-ring (bicyclic) bond motifs is 3. The molecule has 2 aliphatic heterocycles. The van der Waals surface area contributed by atoms with E-state index in [1.165, 1.54) is 11.1 Å². The Morgan fingerprint density at radius 3 is 2.30 bits per heavy atom. The average Bonchev–Trinajstić information content (AvgIpc) is 2.89. The van der Waals surface area contributed by atoms with Crippen LogP contribution in [0.3, 0.4) is 0 Å². The zero-order chi connectivity index (χ0) is 18.3. The molecule has 1 saturated heterocycles. The van der Waals surface area contributed by atoms with Crippen LogP contribution >= 0.6 is 0 Å². The second kappa shape index (κ2) is 6.27. The van der Waals surface area contributed by atoms with Gasteiger partial charge < -0.3 is 9.64 Å². The summed E-state index contributed by atoms with van der Waals surface area (Å²) < 4.78 is 6.31. The van der Waals surface area contributed by atoms with Gasteiger partial charge in [0, 0.05) is 6.54 Å². The van der Waals surface area contributed by atoms with Crippen molar-refractivity contribution in [2.45, 2.75) is 24.5 Å². The molecular weight excluding hydrogens is 334 g/mol. The minimum Gasteiger partial charge on any atom is -0.477 e. The van der Waals surface area contributed by atoms with Crippen LogP contribution in [0.4, 0.5) is 0 Å². The normalized spacial score (nSPS) is 23.6. The Morgan fingerprint density at radius 2 is 1.52 bits per heavy atom. The fourth-order valence-electron chi connectivity index (χ4n) is 4.61. The average molecular weight is 355 g/mol. The van der Waals surface area contributed by atoms with Crippen LogP contribution in [0.2, 0.25) is 0 Å². The highest BCUT2D eigenvalue weighted by Crippen LogP contribution is 2.51. The number of rotatable bonds is 3. The van der Waals surface area contributed by atoms with Crippen LogP contribution in [0, 0.1) is 0 Å². The molecule has 2 unspecified atom stereocenters. The molecule has 0 bridgehead atoms. The van der Waals surface area contributed by atoms with E-state index in [4.69, 9.17) is 4.74 Å². The quantitative estimate of drug-likeness (QED) is 0.660. The SMILES string of the molecule is O=C1C(Oc2ccccc2)C2(c3ccccc3)c3ccccc3CCCN12. The smallest absolute Gasteiger partial charge is 0.268 e. The third-order valence-electron chi connectivity index (χ3n) is 5.76. The number of amides is 1. The Balaban J connectivity index is 1.71. The first-order valence-electron chi connectivity index (χ1n) is 9.49.